The summed E-state index contributed by atoms with van der Waals surface area (Å²) in [5, 5.41) is 9.00. The molecule has 0 N–H and O–H groups in total. The number of nitrogens with zero attached hydrogens (tertiary/aromatic N) is 1. The average Bonchev–Trinajstić information content (AvgIpc) is 0.918. The van der Waals surface area contributed by atoms with Crippen LogP contribution in [0.1, 0.15) is 0 Å². The third-order valence-corrected chi connectivity index (χ3v) is 0. The second-order valence-electron chi connectivity index (χ2n) is 0.0745. The zero-order chi connectivity index (χ0) is 2.71. The predicted octanol–water partition coefficient (Wildman–Crippen LogP) is 0.670. The van der Waals surface area contributed by atoms with Crippen molar-refractivity contribution in [2.24, 2.45) is 5.34 Å². The fourth-order valence-electron chi connectivity index (χ4n) is 0. The second-order valence-corrected chi connectivity index (χ2v) is 0.0745. The Labute approximate surface area is 47.9 Å². The van der Waals surface area contributed by atoms with Gasteiger partial charge < -0.3 is 10.1 Å². The van der Waals surface area contributed by atoms with Gasteiger partial charge in [-0.05, 0) is 0 Å². The average molecular weight is 184 g/mol. The van der Waals surface area contributed by atoms with Crippen LogP contribution in [-0.2, 0) is 19.5 Å². The van der Waals surface area contributed by atoms with E-state index in [1.807, 2.05) is 0 Å². The van der Waals surface area contributed by atoms with Crippen LogP contribution in [0.3, 0.4) is 0 Å². The maximum atomic E-state index is 8.00. The summed E-state index contributed by atoms with van der Waals surface area (Å²) in [4.78, 5) is 8.00. The van der Waals surface area contributed by atoms with Crippen LogP contribution >= 0.6 is 12.4 Å². The van der Waals surface area contributed by atoms with Gasteiger partial charge in [-0.3, -0.25) is 0 Å². The Kier molecular flexibility index (Phi) is 101. The van der Waals surface area contributed by atoms with Gasteiger partial charge in [0.2, 0.25) is 0 Å². The Hall–Kier alpha value is 0.313. The fourth-order valence-corrected chi connectivity index (χ4v) is 0. The van der Waals surface area contributed by atoms with E-state index < -0.39 is 0 Å². The predicted molar refractivity (Wildman–Crippen MR) is 16.4 cm³/mol. The van der Waals surface area contributed by atoms with E-state index in [0.717, 1.165) is 5.34 Å². The summed E-state index contributed by atoms with van der Waals surface area (Å²) in [6.45, 7) is 0. The second kappa shape index (κ2) is 27.5. The largest absolute Gasteiger partial charge is 0.444 e. The van der Waals surface area contributed by atoms with Gasteiger partial charge in [-0.25, -0.2) is 0 Å². The first-order valence-corrected chi connectivity index (χ1v) is 0.365. The van der Waals surface area contributed by atoms with Crippen molar-refractivity contribution in [3.05, 3.63) is 10.1 Å². The van der Waals surface area contributed by atoms with Crippen LogP contribution in [-0.4, -0.2) is 0 Å². The molecule has 0 atom stereocenters. The molecule has 0 aromatic heterocycles. The number of hydrogen-bond acceptors (Lipinski definition) is 3. The minimum absolute atomic E-state index is 0. The molecular weight excluding hydrogens is 183 g/mol. The summed E-state index contributed by atoms with van der Waals surface area (Å²) in [6.07, 6.45) is 0. The molecule has 0 amide bonds. The molecule has 0 saturated carbocycles. The molecular formula is HClNO2Ru-. The molecule has 3 nitrogen and oxygen atoms in total. The molecule has 0 fully saturated rings. The SMILES string of the molecule is Cl.O=N[O-].[Ru]. The summed E-state index contributed by atoms with van der Waals surface area (Å²) in [6, 6.07) is 0. The molecule has 0 bridgehead atoms. The van der Waals surface area contributed by atoms with E-state index in [0.29, 0.717) is 0 Å². The van der Waals surface area contributed by atoms with Gasteiger partial charge in [-0.15, -0.1) is 17.7 Å². The maximum Gasteiger partial charge on any atom is 0 e. The summed E-state index contributed by atoms with van der Waals surface area (Å²) < 4.78 is 0. The number of rotatable bonds is 0. The van der Waals surface area contributed by atoms with Crippen molar-refractivity contribution < 1.29 is 19.5 Å². The van der Waals surface area contributed by atoms with E-state index in [2.05, 4.69) is 0 Å². The molecule has 0 spiro atoms. The quantitative estimate of drug-likeness (QED) is 0.315. The zero-order valence-corrected chi connectivity index (χ0v) is 4.58. The van der Waals surface area contributed by atoms with Crippen LogP contribution in [0.2, 0.25) is 0 Å². The summed E-state index contributed by atoms with van der Waals surface area (Å²) in [5.74, 6) is 0. The van der Waals surface area contributed by atoms with Gasteiger partial charge in [0.1, 0.15) is 0 Å². The van der Waals surface area contributed by atoms with Gasteiger partial charge in [-0.1, -0.05) is 0 Å². The van der Waals surface area contributed by atoms with Crippen molar-refractivity contribution in [3.8, 4) is 0 Å². The van der Waals surface area contributed by atoms with Gasteiger partial charge in [0, 0.05) is 19.5 Å². The molecule has 0 rings (SSSR count). The van der Waals surface area contributed by atoms with E-state index in [4.69, 9.17) is 10.1 Å². The minimum Gasteiger partial charge on any atom is -0.444 e. The van der Waals surface area contributed by atoms with Crippen LogP contribution < -0.4 is 0 Å². The van der Waals surface area contributed by atoms with Gasteiger partial charge in [0.25, 0.3) is 0 Å². The monoisotopic (exact) mass is 184 g/mol. The van der Waals surface area contributed by atoms with Crippen molar-refractivity contribution in [1.29, 1.82) is 0 Å². The Morgan fingerprint density at radius 3 is 1.60 bits per heavy atom. The Morgan fingerprint density at radius 2 is 1.60 bits per heavy atom. The first-order chi connectivity index (χ1) is 1.41. The molecule has 0 heterocycles. The fraction of sp³-hybridized carbons (Fsp3) is 0. The standard InChI is InChI=1S/ClH.HNO2.Ru/c;2-1-3;/h1H;(H,2,3);/p-1. The number of halogens is 1. The normalized spacial score (nSPS) is 2.40. The smallest absolute Gasteiger partial charge is 0 e. The van der Waals surface area contributed by atoms with Crippen LogP contribution in [0.4, 0.5) is 0 Å². The van der Waals surface area contributed by atoms with E-state index >= 15 is 0 Å². The zero-order valence-electron chi connectivity index (χ0n) is 2.03. The molecule has 0 aliphatic carbocycles. The first-order valence-electron chi connectivity index (χ1n) is 0.365. The summed E-state index contributed by atoms with van der Waals surface area (Å²) in [7, 11) is 0. The van der Waals surface area contributed by atoms with Gasteiger partial charge in [0.05, 0.1) is 0 Å². The topological polar surface area (TPSA) is 52.5 Å². The van der Waals surface area contributed by atoms with Crippen LogP contribution in [0.15, 0.2) is 5.34 Å². The molecule has 0 saturated heterocycles. The van der Waals surface area contributed by atoms with Crippen molar-refractivity contribution in [2.75, 3.05) is 0 Å². The van der Waals surface area contributed by atoms with Gasteiger partial charge in [0.15, 0.2) is 0 Å². The Balaban J connectivity index is -0.0000000200. The van der Waals surface area contributed by atoms with Crippen LogP contribution in [0.25, 0.3) is 0 Å². The van der Waals surface area contributed by atoms with Crippen molar-refractivity contribution >= 4 is 12.4 Å². The molecule has 0 aromatic carbocycles. The summed E-state index contributed by atoms with van der Waals surface area (Å²) >= 11 is 0. The minimum atomic E-state index is 0. The Morgan fingerprint density at radius 1 is 1.60 bits per heavy atom. The number of hydrogen-bond donors (Lipinski definition) is 0. The molecule has 5 heteroatoms. The molecule has 0 radical (unpaired) electrons. The van der Waals surface area contributed by atoms with E-state index in [1.54, 1.807) is 0 Å². The molecule has 0 unspecified atom stereocenters. The third kappa shape index (κ3) is 235. The van der Waals surface area contributed by atoms with Crippen molar-refractivity contribution in [1.82, 2.24) is 0 Å². The first kappa shape index (κ1) is 18.5. The molecule has 0 aliphatic heterocycles. The van der Waals surface area contributed by atoms with Crippen LogP contribution in [0.5, 0.6) is 0 Å². The van der Waals surface area contributed by atoms with Crippen molar-refractivity contribution in [2.45, 2.75) is 0 Å². The summed E-state index contributed by atoms with van der Waals surface area (Å²) in [5.41, 5.74) is 0. The van der Waals surface area contributed by atoms with E-state index in [9.17, 15) is 0 Å². The van der Waals surface area contributed by atoms with Gasteiger partial charge >= 0.3 is 0 Å². The molecule has 0 aromatic rings. The van der Waals surface area contributed by atoms with Crippen molar-refractivity contribution in [3.63, 3.8) is 0 Å². The van der Waals surface area contributed by atoms with Crippen LogP contribution in [0, 0.1) is 10.1 Å². The Bertz CT molecular complexity index is 17.1. The third-order valence-electron chi connectivity index (χ3n) is 0. The molecule has 5 heavy (non-hydrogen) atoms. The van der Waals surface area contributed by atoms with Gasteiger partial charge in [-0.2, -0.15) is 0 Å². The van der Waals surface area contributed by atoms with E-state index in [-0.39, 0.29) is 31.9 Å². The van der Waals surface area contributed by atoms with E-state index in [1.165, 1.54) is 0 Å². The maximum absolute atomic E-state index is 8.00. The molecule has 34 valence electrons. The molecule has 0 aliphatic rings.